The molecule has 0 saturated heterocycles. The van der Waals surface area contributed by atoms with E-state index in [0.29, 0.717) is 11.7 Å². The van der Waals surface area contributed by atoms with Gasteiger partial charge in [-0.2, -0.15) is 0 Å². The van der Waals surface area contributed by atoms with Gasteiger partial charge in [0.05, 0.1) is 21.4 Å². The third-order valence-corrected chi connectivity index (χ3v) is 7.50. The van der Waals surface area contributed by atoms with Crippen LogP contribution in [0.3, 0.4) is 0 Å². The summed E-state index contributed by atoms with van der Waals surface area (Å²) in [6.07, 6.45) is 0. The van der Waals surface area contributed by atoms with E-state index < -0.39 is 10.0 Å². The molecule has 0 saturated carbocycles. The first-order chi connectivity index (χ1) is 14.7. The Labute approximate surface area is 190 Å². The second kappa shape index (κ2) is 9.82. The van der Waals surface area contributed by atoms with Crippen molar-refractivity contribution in [1.82, 2.24) is 19.1 Å². The molecule has 0 unspecified atom stereocenters. The number of benzene rings is 2. The fourth-order valence-corrected chi connectivity index (χ4v) is 4.66. The van der Waals surface area contributed by atoms with Gasteiger partial charge in [-0.1, -0.05) is 53.7 Å². The van der Waals surface area contributed by atoms with Crippen molar-refractivity contribution in [3.63, 3.8) is 0 Å². The molecule has 8 nitrogen and oxygen atoms in total. The zero-order valence-corrected chi connectivity index (χ0v) is 19.6. The molecular weight excluding hydrogens is 458 g/mol. The van der Waals surface area contributed by atoms with Gasteiger partial charge in [0, 0.05) is 26.2 Å². The molecule has 1 heterocycles. The number of nitrogens with zero attached hydrogens (tertiary/aromatic N) is 4. The van der Waals surface area contributed by atoms with Crippen LogP contribution < -0.4 is 5.32 Å². The number of aromatic nitrogens is 3. The van der Waals surface area contributed by atoms with E-state index in [9.17, 15) is 13.2 Å². The smallest absolute Gasteiger partial charge is 0.242 e. The molecule has 0 aliphatic carbocycles. The van der Waals surface area contributed by atoms with Crippen molar-refractivity contribution in [2.75, 3.05) is 25.2 Å². The number of thioether (sulfide) groups is 1. The second-order valence-electron chi connectivity index (χ2n) is 6.68. The summed E-state index contributed by atoms with van der Waals surface area (Å²) in [7, 11) is -0.769. The minimum atomic E-state index is -3.64. The summed E-state index contributed by atoms with van der Waals surface area (Å²) in [5.41, 5.74) is 1.18. The number of carbonyl (C=O) groups excluding carboxylic acids is 1. The first-order valence-electron chi connectivity index (χ1n) is 9.37. The number of anilines is 1. The number of carbonyl (C=O) groups is 1. The molecule has 0 bridgehead atoms. The van der Waals surface area contributed by atoms with Crippen LogP contribution in [0, 0.1) is 0 Å². The Morgan fingerprint density at radius 1 is 1.16 bits per heavy atom. The quantitative estimate of drug-likeness (QED) is 0.496. The summed E-state index contributed by atoms with van der Waals surface area (Å²) >= 11 is 7.39. The molecule has 1 aromatic heterocycles. The SMILES string of the molecule is CCn1c(SCC(=O)Nc2cc(S(=O)(=O)N(C)C)ccc2Cl)nnc1-c1ccccc1. The number of rotatable bonds is 8. The summed E-state index contributed by atoms with van der Waals surface area (Å²) in [5, 5.41) is 12.0. The van der Waals surface area contributed by atoms with E-state index in [0.717, 1.165) is 15.7 Å². The first-order valence-corrected chi connectivity index (χ1v) is 12.2. The highest BCUT2D eigenvalue weighted by atomic mass is 35.5. The number of halogens is 1. The Kier molecular flexibility index (Phi) is 7.37. The Morgan fingerprint density at radius 3 is 2.52 bits per heavy atom. The minimum Gasteiger partial charge on any atom is -0.324 e. The van der Waals surface area contributed by atoms with Crippen molar-refractivity contribution in [3.05, 3.63) is 53.6 Å². The maximum Gasteiger partial charge on any atom is 0.242 e. The molecule has 3 aromatic rings. The van der Waals surface area contributed by atoms with Gasteiger partial charge in [-0.15, -0.1) is 10.2 Å². The lowest BCUT2D eigenvalue weighted by atomic mass is 10.2. The highest BCUT2D eigenvalue weighted by Gasteiger charge is 2.20. The molecule has 0 fully saturated rings. The van der Waals surface area contributed by atoms with E-state index in [1.54, 1.807) is 0 Å². The Hall–Kier alpha value is -2.40. The van der Waals surface area contributed by atoms with Gasteiger partial charge in [0.1, 0.15) is 0 Å². The normalized spacial score (nSPS) is 11.6. The molecule has 1 amide bonds. The van der Waals surface area contributed by atoms with Gasteiger partial charge < -0.3 is 9.88 Å². The van der Waals surface area contributed by atoms with Crippen LogP contribution in [0.15, 0.2) is 58.6 Å². The van der Waals surface area contributed by atoms with Gasteiger partial charge in [-0.25, -0.2) is 12.7 Å². The molecular formula is C20H22ClN5O3S2. The zero-order valence-electron chi connectivity index (χ0n) is 17.2. The van der Waals surface area contributed by atoms with Crippen LogP contribution in [0.1, 0.15) is 6.92 Å². The largest absolute Gasteiger partial charge is 0.324 e. The van der Waals surface area contributed by atoms with Gasteiger partial charge in [0.15, 0.2) is 11.0 Å². The molecule has 0 atom stereocenters. The van der Waals surface area contributed by atoms with E-state index >= 15 is 0 Å². The summed E-state index contributed by atoms with van der Waals surface area (Å²) in [6, 6.07) is 13.9. The van der Waals surface area contributed by atoms with E-state index in [2.05, 4.69) is 15.5 Å². The maximum absolute atomic E-state index is 12.5. The van der Waals surface area contributed by atoms with Crippen LogP contribution in [-0.2, 0) is 21.4 Å². The fraction of sp³-hybridized carbons (Fsp3) is 0.250. The van der Waals surface area contributed by atoms with E-state index in [-0.39, 0.29) is 27.3 Å². The highest BCUT2D eigenvalue weighted by molar-refractivity contribution is 7.99. The van der Waals surface area contributed by atoms with Crippen LogP contribution in [0.2, 0.25) is 5.02 Å². The van der Waals surface area contributed by atoms with Crippen LogP contribution in [0.25, 0.3) is 11.4 Å². The monoisotopic (exact) mass is 479 g/mol. The molecule has 1 N–H and O–H groups in total. The Balaban J connectivity index is 1.72. The van der Waals surface area contributed by atoms with Crippen molar-refractivity contribution in [3.8, 4) is 11.4 Å². The average Bonchev–Trinajstić information content (AvgIpc) is 3.17. The molecule has 0 aliphatic rings. The number of amides is 1. The van der Waals surface area contributed by atoms with E-state index in [1.165, 1.54) is 44.1 Å². The minimum absolute atomic E-state index is 0.0445. The summed E-state index contributed by atoms with van der Waals surface area (Å²) in [4.78, 5) is 12.5. The fourth-order valence-electron chi connectivity index (χ4n) is 2.77. The molecule has 0 aliphatic heterocycles. The number of hydrogen-bond donors (Lipinski definition) is 1. The van der Waals surface area contributed by atoms with Gasteiger partial charge in [-0.3, -0.25) is 4.79 Å². The highest BCUT2D eigenvalue weighted by Crippen LogP contribution is 2.28. The second-order valence-corrected chi connectivity index (χ2v) is 10.2. The van der Waals surface area contributed by atoms with Crippen molar-refractivity contribution < 1.29 is 13.2 Å². The molecule has 2 aromatic carbocycles. The Morgan fingerprint density at radius 2 is 1.87 bits per heavy atom. The number of hydrogen-bond acceptors (Lipinski definition) is 6. The summed E-state index contributed by atoms with van der Waals surface area (Å²) in [5.74, 6) is 0.460. The molecule has 31 heavy (non-hydrogen) atoms. The van der Waals surface area contributed by atoms with E-state index in [1.807, 2.05) is 41.8 Å². The van der Waals surface area contributed by atoms with Crippen LogP contribution >= 0.6 is 23.4 Å². The average molecular weight is 480 g/mol. The van der Waals surface area contributed by atoms with Gasteiger partial charge in [0.25, 0.3) is 0 Å². The number of sulfonamides is 1. The van der Waals surface area contributed by atoms with Crippen molar-refractivity contribution in [2.45, 2.75) is 23.5 Å². The third-order valence-electron chi connectivity index (χ3n) is 4.39. The molecule has 164 valence electrons. The summed E-state index contributed by atoms with van der Waals surface area (Å²) in [6.45, 7) is 2.63. The van der Waals surface area contributed by atoms with Gasteiger partial charge >= 0.3 is 0 Å². The maximum atomic E-state index is 12.5. The lowest BCUT2D eigenvalue weighted by molar-refractivity contribution is -0.113. The van der Waals surface area contributed by atoms with Crippen molar-refractivity contribution in [2.24, 2.45) is 0 Å². The van der Waals surface area contributed by atoms with Crippen molar-refractivity contribution >= 4 is 45.0 Å². The molecule has 3 rings (SSSR count). The van der Waals surface area contributed by atoms with Crippen LogP contribution in [0.4, 0.5) is 5.69 Å². The van der Waals surface area contributed by atoms with Gasteiger partial charge in [-0.05, 0) is 25.1 Å². The molecule has 0 radical (unpaired) electrons. The Bertz CT molecular complexity index is 1180. The standard InChI is InChI=1S/C20H22ClN5O3S2/c1-4-26-19(14-8-6-5-7-9-14)23-24-20(26)30-13-18(27)22-17-12-15(10-11-16(17)21)31(28,29)25(2)3/h5-12H,4,13H2,1-3H3,(H,22,27). The predicted octanol–water partition coefficient (Wildman–Crippen LogP) is 3.60. The van der Waals surface area contributed by atoms with Crippen molar-refractivity contribution in [1.29, 1.82) is 0 Å². The topological polar surface area (TPSA) is 97.2 Å². The number of nitrogens with one attached hydrogen (secondary N) is 1. The summed E-state index contributed by atoms with van der Waals surface area (Å²) < 4.78 is 27.7. The predicted molar refractivity (Wildman–Crippen MR) is 123 cm³/mol. The van der Waals surface area contributed by atoms with Crippen LogP contribution in [-0.4, -0.2) is 53.2 Å². The van der Waals surface area contributed by atoms with Gasteiger partial charge in [0.2, 0.25) is 15.9 Å². The third kappa shape index (κ3) is 5.27. The zero-order chi connectivity index (χ0) is 22.6. The van der Waals surface area contributed by atoms with E-state index in [4.69, 9.17) is 11.6 Å². The molecule has 0 spiro atoms. The lowest BCUT2D eigenvalue weighted by Gasteiger charge is -2.14. The van der Waals surface area contributed by atoms with Crippen LogP contribution in [0.5, 0.6) is 0 Å². The lowest BCUT2D eigenvalue weighted by Crippen LogP contribution is -2.22. The molecule has 11 heteroatoms. The first kappa shape index (κ1) is 23.3.